The van der Waals surface area contributed by atoms with Crippen LogP contribution in [0.3, 0.4) is 0 Å². The molecule has 1 fully saturated rings. The Morgan fingerprint density at radius 2 is 2.21 bits per heavy atom. The van der Waals surface area contributed by atoms with Crippen molar-refractivity contribution >= 4 is 12.0 Å². The van der Waals surface area contributed by atoms with E-state index >= 15 is 0 Å². The van der Waals surface area contributed by atoms with Crippen molar-refractivity contribution in [2.24, 2.45) is 0 Å². The Morgan fingerprint density at radius 1 is 1.47 bits per heavy atom. The smallest absolute Gasteiger partial charge is 0.328 e. The first-order valence-corrected chi connectivity index (χ1v) is 6.32. The summed E-state index contributed by atoms with van der Waals surface area (Å²) >= 11 is 0. The fourth-order valence-corrected chi connectivity index (χ4v) is 2.12. The van der Waals surface area contributed by atoms with E-state index < -0.39 is 0 Å². The molecule has 5 nitrogen and oxygen atoms in total. The summed E-state index contributed by atoms with van der Waals surface area (Å²) in [5.74, 6) is -0.286. The lowest BCUT2D eigenvalue weighted by Gasteiger charge is -2.27. The van der Waals surface area contributed by atoms with Crippen molar-refractivity contribution in [3.05, 3.63) is 40.4 Å². The number of morpholine rings is 1. The summed E-state index contributed by atoms with van der Waals surface area (Å²) in [6.45, 7) is 6.19. The highest BCUT2D eigenvalue weighted by molar-refractivity contribution is 6.33. The van der Waals surface area contributed by atoms with E-state index in [9.17, 15) is 4.79 Å². The van der Waals surface area contributed by atoms with Crippen molar-refractivity contribution in [1.29, 1.82) is 0 Å². The highest BCUT2D eigenvalue weighted by Gasteiger charge is 2.14. The van der Waals surface area contributed by atoms with Crippen LogP contribution in [0.15, 0.2) is 18.2 Å². The fourth-order valence-electron chi connectivity index (χ4n) is 2.12. The highest BCUT2D eigenvalue weighted by Crippen LogP contribution is 2.15. The molecule has 100 valence electrons. The van der Waals surface area contributed by atoms with Gasteiger partial charge in [-0.25, -0.2) is 0 Å². The summed E-state index contributed by atoms with van der Waals surface area (Å²) in [4.78, 5) is 16.7. The maximum Gasteiger partial charge on any atom is 0.328 e. The van der Waals surface area contributed by atoms with Crippen LogP contribution >= 0.6 is 0 Å². The number of carbonyl (C=O) groups excluding carboxylic acids is 1. The van der Waals surface area contributed by atoms with Gasteiger partial charge in [-0.3, -0.25) is 9.69 Å². The topological polar surface area (TPSA) is 65.9 Å². The van der Waals surface area contributed by atoms with Gasteiger partial charge in [0.25, 0.3) is 5.78 Å². The number of nitrogens with zero attached hydrogens (tertiary/aromatic N) is 3. The van der Waals surface area contributed by atoms with E-state index in [4.69, 9.17) is 10.3 Å². The van der Waals surface area contributed by atoms with Crippen molar-refractivity contribution in [2.75, 3.05) is 26.3 Å². The Morgan fingerprint density at radius 3 is 2.89 bits per heavy atom. The molecule has 0 spiro atoms. The molecule has 0 atom stereocenters. The van der Waals surface area contributed by atoms with Crippen LogP contribution in [-0.4, -0.2) is 48.0 Å². The molecule has 1 aromatic carbocycles. The van der Waals surface area contributed by atoms with E-state index in [0.717, 1.165) is 50.2 Å². The molecule has 0 aromatic heterocycles. The zero-order valence-corrected chi connectivity index (χ0v) is 11.0. The van der Waals surface area contributed by atoms with Crippen molar-refractivity contribution in [3.8, 4) is 0 Å². The molecule has 0 saturated carbocycles. The van der Waals surface area contributed by atoms with E-state index in [2.05, 4.69) is 9.69 Å². The van der Waals surface area contributed by atoms with Crippen LogP contribution in [-0.2, 0) is 11.3 Å². The summed E-state index contributed by atoms with van der Waals surface area (Å²) in [5.41, 5.74) is 11.2. The van der Waals surface area contributed by atoms with Crippen LogP contribution in [0.2, 0.25) is 0 Å². The zero-order chi connectivity index (χ0) is 13.7. The predicted molar refractivity (Wildman–Crippen MR) is 71.3 cm³/mol. The molecule has 0 amide bonds. The molecular weight excluding hydrogens is 242 g/mol. The first-order valence-electron chi connectivity index (χ1n) is 6.32. The average Bonchev–Trinajstić information content (AvgIpc) is 2.42. The van der Waals surface area contributed by atoms with E-state index in [-0.39, 0.29) is 5.78 Å². The number of carbonyl (C=O) groups is 1. The Kier molecular flexibility index (Phi) is 4.58. The minimum Gasteiger partial charge on any atom is -0.379 e. The lowest BCUT2D eigenvalue weighted by molar-refractivity contribution is 0.00234. The third-order valence-electron chi connectivity index (χ3n) is 3.31. The Labute approximate surface area is 112 Å². The second-order valence-corrected chi connectivity index (χ2v) is 4.64. The summed E-state index contributed by atoms with van der Waals surface area (Å²) in [5, 5.41) is 0. The quantitative estimate of drug-likeness (QED) is 0.354. The minimum atomic E-state index is -0.286. The van der Waals surface area contributed by atoms with E-state index in [1.165, 1.54) is 0 Å². The minimum absolute atomic E-state index is 0.286. The molecular formula is C14H17N3O2. The Balaban J connectivity index is 2.16. The van der Waals surface area contributed by atoms with E-state index in [1.54, 1.807) is 6.07 Å². The lowest BCUT2D eigenvalue weighted by Crippen LogP contribution is -2.35. The van der Waals surface area contributed by atoms with Gasteiger partial charge in [-0.15, -0.1) is 0 Å². The summed E-state index contributed by atoms with van der Waals surface area (Å²) in [7, 11) is 0. The molecule has 5 heteroatoms. The van der Waals surface area contributed by atoms with E-state index in [0.29, 0.717) is 5.56 Å². The van der Waals surface area contributed by atoms with Crippen LogP contribution in [0.25, 0.3) is 5.53 Å². The van der Waals surface area contributed by atoms with Gasteiger partial charge in [-0.1, -0.05) is 12.1 Å². The number of hydrogen-bond acceptors (Lipinski definition) is 3. The van der Waals surface area contributed by atoms with Crippen molar-refractivity contribution in [1.82, 2.24) is 4.90 Å². The monoisotopic (exact) mass is 259 g/mol. The summed E-state index contributed by atoms with van der Waals surface area (Å²) < 4.78 is 5.32. The third-order valence-corrected chi connectivity index (χ3v) is 3.31. The van der Waals surface area contributed by atoms with Crippen LogP contribution < -0.4 is 0 Å². The van der Waals surface area contributed by atoms with Crippen LogP contribution in [0.1, 0.15) is 21.5 Å². The van der Waals surface area contributed by atoms with Gasteiger partial charge in [0.2, 0.25) is 0 Å². The number of benzene rings is 1. The number of ketones is 1. The second kappa shape index (κ2) is 6.38. The molecule has 0 N–H and O–H groups in total. The van der Waals surface area contributed by atoms with Gasteiger partial charge in [-0.2, -0.15) is 4.79 Å². The van der Waals surface area contributed by atoms with Gasteiger partial charge in [0.1, 0.15) is 0 Å². The first-order chi connectivity index (χ1) is 9.20. The van der Waals surface area contributed by atoms with Gasteiger partial charge in [0.05, 0.1) is 13.2 Å². The molecule has 2 rings (SSSR count). The first kappa shape index (κ1) is 13.6. The van der Waals surface area contributed by atoms with Gasteiger partial charge >= 0.3 is 6.21 Å². The zero-order valence-electron chi connectivity index (χ0n) is 11.0. The molecule has 19 heavy (non-hydrogen) atoms. The van der Waals surface area contributed by atoms with Gasteiger partial charge < -0.3 is 10.3 Å². The van der Waals surface area contributed by atoms with Crippen molar-refractivity contribution < 1.29 is 14.3 Å². The number of Topliss-reactive ketones (excluding diaryl/α,β-unsaturated/α-hetero) is 1. The molecule has 0 aliphatic carbocycles. The summed E-state index contributed by atoms with van der Waals surface area (Å²) in [6.07, 6.45) is 0.920. The van der Waals surface area contributed by atoms with Gasteiger partial charge in [0, 0.05) is 25.2 Å². The maximum absolute atomic E-state index is 11.7. The summed E-state index contributed by atoms with van der Waals surface area (Å²) in [6, 6.07) is 5.55. The fraction of sp³-hybridized carbons (Fsp3) is 0.429. The largest absolute Gasteiger partial charge is 0.379 e. The average molecular weight is 259 g/mol. The molecule has 1 heterocycles. The number of aryl methyl sites for hydroxylation is 1. The predicted octanol–water partition coefficient (Wildman–Crippen LogP) is 1.31. The maximum atomic E-state index is 11.7. The highest BCUT2D eigenvalue weighted by atomic mass is 16.5. The normalized spacial score (nSPS) is 15.8. The van der Waals surface area contributed by atoms with Crippen LogP contribution in [0.4, 0.5) is 0 Å². The number of ether oxygens (including phenoxy) is 1. The standard InChI is InChI=1S/C14H17N3O2/c1-11-2-3-12(14(18)9-16-15)8-13(11)10-17-4-6-19-7-5-17/h2-3,8-9H,4-7,10H2,1H3. The SMILES string of the molecule is Cc1ccc(C(=O)C=[N+]=[N-])cc1CN1CCOCC1. The number of hydrogen-bond donors (Lipinski definition) is 0. The molecule has 1 saturated heterocycles. The lowest BCUT2D eigenvalue weighted by atomic mass is 10.0. The second-order valence-electron chi connectivity index (χ2n) is 4.64. The number of rotatable bonds is 4. The van der Waals surface area contributed by atoms with E-state index in [1.807, 2.05) is 19.1 Å². The van der Waals surface area contributed by atoms with Crippen molar-refractivity contribution in [3.63, 3.8) is 0 Å². The van der Waals surface area contributed by atoms with Crippen LogP contribution in [0.5, 0.6) is 0 Å². The van der Waals surface area contributed by atoms with Crippen molar-refractivity contribution in [2.45, 2.75) is 13.5 Å². The molecule has 0 bridgehead atoms. The van der Waals surface area contributed by atoms with Gasteiger partial charge in [0.15, 0.2) is 0 Å². The molecule has 1 aliphatic heterocycles. The van der Waals surface area contributed by atoms with Gasteiger partial charge in [-0.05, 0) is 24.1 Å². The Hall–Kier alpha value is -1.81. The molecule has 0 radical (unpaired) electrons. The molecule has 0 unspecified atom stereocenters. The van der Waals surface area contributed by atoms with Crippen LogP contribution in [0, 0.1) is 6.92 Å². The molecule has 1 aromatic rings. The molecule has 1 aliphatic rings. The third kappa shape index (κ3) is 3.58. The Bertz CT molecular complexity index is 515.